The molecule has 2 aromatic rings. The molecule has 0 aliphatic rings. The van der Waals surface area contributed by atoms with Gasteiger partial charge in [-0.15, -0.1) is 11.8 Å². The maximum Gasteiger partial charge on any atom is 0.237 e. The molecule has 1 unspecified atom stereocenters. The van der Waals surface area contributed by atoms with E-state index in [0.29, 0.717) is 15.7 Å². The SMILES string of the molecule is Cc1ccc(SC(C)C(=O)Nc2ccc(Cl)cc2Cl)cc1. The molecule has 1 atom stereocenters. The molecule has 0 saturated heterocycles. The fourth-order valence-electron chi connectivity index (χ4n) is 1.70. The summed E-state index contributed by atoms with van der Waals surface area (Å²) in [7, 11) is 0. The van der Waals surface area contributed by atoms with Crippen molar-refractivity contribution in [3.05, 3.63) is 58.1 Å². The van der Waals surface area contributed by atoms with E-state index in [2.05, 4.69) is 5.32 Å². The van der Waals surface area contributed by atoms with Crippen molar-refractivity contribution in [3.8, 4) is 0 Å². The Morgan fingerprint density at radius 3 is 2.43 bits per heavy atom. The summed E-state index contributed by atoms with van der Waals surface area (Å²) in [6.45, 7) is 3.90. The molecule has 0 aliphatic heterocycles. The van der Waals surface area contributed by atoms with Gasteiger partial charge < -0.3 is 5.32 Å². The predicted octanol–water partition coefficient (Wildman–Crippen LogP) is 5.42. The number of nitrogens with one attached hydrogen (secondary N) is 1. The first-order chi connectivity index (χ1) is 9.95. The van der Waals surface area contributed by atoms with Crippen molar-refractivity contribution in [3.63, 3.8) is 0 Å². The Labute approximate surface area is 138 Å². The maximum atomic E-state index is 12.2. The Bertz CT molecular complexity index is 643. The minimum atomic E-state index is -0.223. The average Bonchev–Trinajstić information content (AvgIpc) is 2.44. The number of aryl methyl sites for hydroxylation is 1. The van der Waals surface area contributed by atoms with Crippen LogP contribution in [0.5, 0.6) is 0 Å². The number of carbonyl (C=O) groups is 1. The number of halogens is 2. The Morgan fingerprint density at radius 2 is 1.81 bits per heavy atom. The minimum absolute atomic E-state index is 0.0928. The van der Waals surface area contributed by atoms with Crippen LogP contribution in [0, 0.1) is 6.92 Å². The summed E-state index contributed by atoms with van der Waals surface area (Å²) >= 11 is 13.4. The second-order valence-electron chi connectivity index (χ2n) is 4.69. The van der Waals surface area contributed by atoms with Crippen LogP contribution < -0.4 is 5.32 Å². The smallest absolute Gasteiger partial charge is 0.237 e. The molecule has 2 aromatic carbocycles. The van der Waals surface area contributed by atoms with Crippen molar-refractivity contribution in [1.82, 2.24) is 0 Å². The van der Waals surface area contributed by atoms with Gasteiger partial charge in [0.1, 0.15) is 0 Å². The van der Waals surface area contributed by atoms with Gasteiger partial charge in [0.15, 0.2) is 0 Å². The van der Waals surface area contributed by atoms with E-state index in [4.69, 9.17) is 23.2 Å². The van der Waals surface area contributed by atoms with Crippen molar-refractivity contribution >= 4 is 46.6 Å². The van der Waals surface area contributed by atoms with Crippen molar-refractivity contribution in [1.29, 1.82) is 0 Å². The van der Waals surface area contributed by atoms with Gasteiger partial charge in [0.25, 0.3) is 0 Å². The lowest BCUT2D eigenvalue weighted by atomic mass is 10.2. The second-order valence-corrected chi connectivity index (χ2v) is 6.94. The molecule has 0 heterocycles. The fraction of sp³-hybridized carbons (Fsp3) is 0.188. The van der Waals surface area contributed by atoms with Gasteiger partial charge >= 0.3 is 0 Å². The molecular weight excluding hydrogens is 325 g/mol. The lowest BCUT2D eigenvalue weighted by molar-refractivity contribution is -0.115. The summed E-state index contributed by atoms with van der Waals surface area (Å²) in [5, 5.41) is 3.57. The van der Waals surface area contributed by atoms with Crippen LogP contribution in [0.3, 0.4) is 0 Å². The van der Waals surface area contributed by atoms with Crippen molar-refractivity contribution in [2.24, 2.45) is 0 Å². The highest BCUT2D eigenvalue weighted by Crippen LogP contribution is 2.28. The third-order valence-corrected chi connectivity index (χ3v) is 4.55. The lowest BCUT2D eigenvalue weighted by Crippen LogP contribution is -2.22. The molecule has 2 rings (SSSR count). The van der Waals surface area contributed by atoms with Gasteiger partial charge in [-0.2, -0.15) is 0 Å². The van der Waals surface area contributed by atoms with Crippen molar-refractivity contribution in [2.75, 3.05) is 5.32 Å². The number of carbonyl (C=O) groups excluding carboxylic acids is 1. The average molecular weight is 340 g/mol. The summed E-state index contributed by atoms with van der Waals surface area (Å²) in [6.07, 6.45) is 0. The number of benzene rings is 2. The first-order valence-corrected chi connectivity index (χ1v) is 8.08. The highest BCUT2D eigenvalue weighted by molar-refractivity contribution is 8.00. The zero-order chi connectivity index (χ0) is 15.4. The minimum Gasteiger partial charge on any atom is -0.324 e. The molecule has 0 aromatic heterocycles. The summed E-state index contributed by atoms with van der Waals surface area (Å²) in [4.78, 5) is 13.3. The molecule has 0 bridgehead atoms. The third kappa shape index (κ3) is 4.67. The quantitative estimate of drug-likeness (QED) is 0.753. The van der Waals surface area contributed by atoms with E-state index >= 15 is 0 Å². The largest absolute Gasteiger partial charge is 0.324 e. The predicted molar refractivity (Wildman–Crippen MR) is 91.6 cm³/mol. The second kappa shape index (κ2) is 7.21. The highest BCUT2D eigenvalue weighted by Gasteiger charge is 2.15. The maximum absolute atomic E-state index is 12.2. The third-order valence-electron chi connectivity index (χ3n) is 2.89. The van der Waals surface area contributed by atoms with Crippen LogP contribution >= 0.6 is 35.0 Å². The molecule has 21 heavy (non-hydrogen) atoms. The Kier molecular flexibility index (Phi) is 5.57. The first-order valence-electron chi connectivity index (χ1n) is 6.45. The molecular formula is C16H15Cl2NOS. The van der Waals surface area contributed by atoms with Gasteiger partial charge in [0.2, 0.25) is 5.91 Å². The van der Waals surface area contributed by atoms with Crippen LogP contribution in [-0.4, -0.2) is 11.2 Å². The summed E-state index contributed by atoms with van der Waals surface area (Å²) in [6, 6.07) is 13.1. The van der Waals surface area contributed by atoms with Crippen LogP contribution in [0.2, 0.25) is 10.0 Å². The Hall–Kier alpha value is -1.16. The van der Waals surface area contributed by atoms with E-state index in [0.717, 1.165) is 4.90 Å². The van der Waals surface area contributed by atoms with E-state index in [1.807, 2.05) is 38.1 Å². The van der Waals surface area contributed by atoms with E-state index in [1.54, 1.807) is 18.2 Å². The lowest BCUT2D eigenvalue weighted by Gasteiger charge is -2.13. The summed E-state index contributed by atoms with van der Waals surface area (Å²) in [5.41, 5.74) is 1.77. The number of thioether (sulfide) groups is 1. The first kappa shape index (κ1) is 16.2. The number of anilines is 1. The molecule has 0 saturated carbocycles. The van der Waals surface area contributed by atoms with E-state index in [-0.39, 0.29) is 11.2 Å². The molecule has 5 heteroatoms. The van der Waals surface area contributed by atoms with Crippen molar-refractivity contribution in [2.45, 2.75) is 24.0 Å². The van der Waals surface area contributed by atoms with E-state index < -0.39 is 0 Å². The Morgan fingerprint density at radius 1 is 1.14 bits per heavy atom. The standard InChI is InChI=1S/C16H15Cl2NOS/c1-10-3-6-13(7-4-10)21-11(2)16(20)19-15-8-5-12(17)9-14(15)18/h3-9,11H,1-2H3,(H,19,20). The molecule has 1 amide bonds. The number of hydrogen-bond acceptors (Lipinski definition) is 2. The zero-order valence-corrected chi connectivity index (χ0v) is 14.0. The topological polar surface area (TPSA) is 29.1 Å². The molecule has 0 radical (unpaired) electrons. The fourth-order valence-corrected chi connectivity index (χ4v) is 3.02. The molecule has 0 spiro atoms. The van der Waals surface area contributed by atoms with Gasteiger partial charge in [-0.1, -0.05) is 40.9 Å². The van der Waals surface area contributed by atoms with E-state index in [9.17, 15) is 4.79 Å². The normalized spacial score (nSPS) is 12.0. The number of rotatable bonds is 4. The van der Waals surface area contributed by atoms with Gasteiger partial charge in [-0.3, -0.25) is 4.79 Å². The summed E-state index contributed by atoms with van der Waals surface area (Å²) < 4.78 is 0. The van der Waals surface area contributed by atoms with Gasteiger partial charge in [-0.05, 0) is 44.2 Å². The molecule has 0 fully saturated rings. The van der Waals surface area contributed by atoms with Gasteiger partial charge in [0, 0.05) is 9.92 Å². The molecule has 2 nitrogen and oxygen atoms in total. The van der Waals surface area contributed by atoms with E-state index in [1.165, 1.54) is 17.3 Å². The zero-order valence-electron chi connectivity index (χ0n) is 11.7. The van der Waals surface area contributed by atoms with Crippen LogP contribution in [0.4, 0.5) is 5.69 Å². The molecule has 0 aliphatic carbocycles. The van der Waals surface area contributed by atoms with Crippen LogP contribution in [-0.2, 0) is 4.79 Å². The number of hydrogen-bond donors (Lipinski definition) is 1. The molecule has 110 valence electrons. The summed E-state index contributed by atoms with van der Waals surface area (Å²) in [5.74, 6) is -0.0928. The number of amides is 1. The van der Waals surface area contributed by atoms with Crippen LogP contribution in [0.25, 0.3) is 0 Å². The van der Waals surface area contributed by atoms with Gasteiger partial charge in [0.05, 0.1) is 16.0 Å². The van der Waals surface area contributed by atoms with Crippen LogP contribution in [0.15, 0.2) is 47.4 Å². The van der Waals surface area contributed by atoms with Crippen molar-refractivity contribution < 1.29 is 4.79 Å². The monoisotopic (exact) mass is 339 g/mol. The molecule has 1 N–H and O–H groups in total. The van der Waals surface area contributed by atoms with Gasteiger partial charge in [-0.25, -0.2) is 0 Å². The Balaban J connectivity index is 2.00. The van der Waals surface area contributed by atoms with Crippen LogP contribution in [0.1, 0.15) is 12.5 Å². The highest BCUT2D eigenvalue weighted by atomic mass is 35.5.